The molecule has 3 aromatic carbocycles. The van der Waals surface area contributed by atoms with Gasteiger partial charge in [0.25, 0.3) is 5.91 Å². The maximum atomic E-state index is 13.8. The van der Waals surface area contributed by atoms with E-state index in [2.05, 4.69) is 0 Å². The first-order valence-electron chi connectivity index (χ1n) is 11.2. The second-order valence-corrected chi connectivity index (χ2v) is 8.72. The highest BCUT2D eigenvalue weighted by Gasteiger charge is 2.43. The summed E-state index contributed by atoms with van der Waals surface area (Å²) in [6.45, 7) is 4.12. The SMILES string of the molecule is COc1ccc(CN2C(=O)c3oc4cc(C)c(C)cc4c(=O)c3C2c2ccc(O)c(OC)c2)cc1. The lowest BCUT2D eigenvalue weighted by atomic mass is 9.97. The minimum Gasteiger partial charge on any atom is -0.504 e. The Morgan fingerprint density at radius 1 is 0.943 bits per heavy atom. The second-order valence-electron chi connectivity index (χ2n) is 8.72. The van der Waals surface area contributed by atoms with E-state index < -0.39 is 6.04 Å². The molecular formula is C28H25NO6. The largest absolute Gasteiger partial charge is 0.504 e. The Balaban J connectivity index is 1.72. The van der Waals surface area contributed by atoms with Crippen molar-refractivity contribution in [2.24, 2.45) is 0 Å². The summed E-state index contributed by atoms with van der Waals surface area (Å²) < 4.78 is 16.6. The maximum Gasteiger partial charge on any atom is 0.291 e. The third-order valence-electron chi connectivity index (χ3n) is 6.61. The van der Waals surface area contributed by atoms with E-state index in [1.807, 2.05) is 44.2 Å². The van der Waals surface area contributed by atoms with Crippen molar-refractivity contribution in [3.05, 3.63) is 98.4 Å². The molecule has 1 unspecified atom stereocenters. The zero-order chi connectivity index (χ0) is 24.9. The molecule has 0 saturated carbocycles. The number of fused-ring (bicyclic) bond motifs is 2. The Labute approximate surface area is 202 Å². The summed E-state index contributed by atoms with van der Waals surface area (Å²) in [6.07, 6.45) is 0. The Morgan fingerprint density at radius 2 is 1.66 bits per heavy atom. The lowest BCUT2D eigenvalue weighted by Gasteiger charge is -2.25. The van der Waals surface area contributed by atoms with E-state index in [1.54, 1.807) is 30.2 Å². The summed E-state index contributed by atoms with van der Waals surface area (Å²) in [6, 6.07) is 15.1. The van der Waals surface area contributed by atoms with Crippen LogP contribution in [0.1, 0.15) is 44.4 Å². The van der Waals surface area contributed by atoms with E-state index in [9.17, 15) is 14.7 Å². The molecule has 0 radical (unpaired) electrons. The summed E-state index contributed by atoms with van der Waals surface area (Å²) in [4.78, 5) is 29.1. The molecule has 0 saturated heterocycles. The number of carbonyl (C=O) groups is 1. The van der Waals surface area contributed by atoms with Crippen LogP contribution >= 0.6 is 0 Å². The van der Waals surface area contributed by atoms with Crippen molar-refractivity contribution < 1.29 is 23.8 Å². The molecule has 5 rings (SSSR count). The van der Waals surface area contributed by atoms with Crippen LogP contribution in [-0.4, -0.2) is 30.1 Å². The van der Waals surface area contributed by atoms with Crippen LogP contribution in [0, 0.1) is 13.8 Å². The number of methoxy groups -OCH3 is 2. The number of ether oxygens (including phenoxy) is 2. The third-order valence-corrected chi connectivity index (χ3v) is 6.61. The van der Waals surface area contributed by atoms with E-state index in [0.29, 0.717) is 22.3 Å². The molecule has 4 aromatic rings. The zero-order valence-corrected chi connectivity index (χ0v) is 19.9. The minimum absolute atomic E-state index is 0.0286. The molecule has 1 atom stereocenters. The number of hydrogen-bond donors (Lipinski definition) is 1. The van der Waals surface area contributed by atoms with E-state index >= 15 is 0 Å². The summed E-state index contributed by atoms with van der Waals surface area (Å²) in [5.74, 6) is 0.600. The van der Waals surface area contributed by atoms with Gasteiger partial charge in [0.15, 0.2) is 16.9 Å². The molecule has 7 heteroatoms. The van der Waals surface area contributed by atoms with Crippen LogP contribution in [0.3, 0.4) is 0 Å². The number of rotatable bonds is 5. The number of carbonyl (C=O) groups excluding carboxylic acids is 1. The molecule has 2 heterocycles. The van der Waals surface area contributed by atoms with Crippen molar-refractivity contribution in [3.8, 4) is 17.2 Å². The summed E-state index contributed by atoms with van der Waals surface area (Å²) in [5.41, 5.74) is 3.87. The normalized spacial score (nSPS) is 14.9. The van der Waals surface area contributed by atoms with Crippen molar-refractivity contribution >= 4 is 16.9 Å². The number of aromatic hydroxyl groups is 1. The van der Waals surface area contributed by atoms with Gasteiger partial charge in [0, 0.05) is 6.54 Å². The molecule has 0 aliphatic carbocycles. The van der Waals surface area contributed by atoms with Crippen molar-refractivity contribution in [2.45, 2.75) is 26.4 Å². The molecule has 1 aliphatic heterocycles. The Hall–Kier alpha value is -4.26. The first kappa shape index (κ1) is 22.5. The molecule has 35 heavy (non-hydrogen) atoms. The van der Waals surface area contributed by atoms with Crippen molar-refractivity contribution in [1.29, 1.82) is 0 Å². The van der Waals surface area contributed by atoms with Crippen LogP contribution in [0.4, 0.5) is 0 Å². The molecule has 7 nitrogen and oxygen atoms in total. The fourth-order valence-corrected chi connectivity index (χ4v) is 4.58. The van der Waals surface area contributed by atoms with Gasteiger partial charge < -0.3 is 23.9 Å². The number of phenols is 1. The summed E-state index contributed by atoms with van der Waals surface area (Å²) in [7, 11) is 3.05. The van der Waals surface area contributed by atoms with Crippen LogP contribution < -0.4 is 14.9 Å². The summed E-state index contributed by atoms with van der Waals surface area (Å²) in [5, 5.41) is 10.6. The van der Waals surface area contributed by atoms with Gasteiger partial charge in [0.2, 0.25) is 5.76 Å². The van der Waals surface area contributed by atoms with Crippen LogP contribution in [0.15, 0.2) is 63.8 Å². The first-order chi connectivity index (χ1) is 16.8. The van der Waals surface area contributed by atoms with Gasteiger partial charge in [-0.25, -0.2) is 0 Å². The van der Waals surface area contributed by atoms with E-state index in [-0.39, 0.29) is 40.7 Å². The molecule has 1 amide bonds. The average molecular weight is 472 g/mol. The Bertz CT molecular complexity index is 1520. The topological polar surface area (TPSA) is 89.2 Å². The number of aryl methyl sites for hydroxylation is 2. The van der Waals surface area contributed by atoms with Crippen molar-refractivity contribution in [2.75, 3.05) is 14.2 Å². The second kappa shape index (κ2) is 8.51. The number of hydrogen-bond acceptors (Lipinski definition) is 6. The highest BCUT2D eigenvalue weighted by Crippen LogP contribution is 2.41. The molecule has 1 N–H and O–H groups in total. The quantitative estimate of drug-likeness (QED) is 0.446. The average Bonchev–Trinajstić information content (AvgIpc) is 3.13. The maximum absolute atomic E-state index is 13.8. The van der Waals surface area contributed by atoms with Crippen LogP contribution in [-0.2, 0) is 6.54 Å². The fourth-order valence-electron chi connectivity index (χ4n) is 4.58. The van der Waals surface area contributed by atoms with Crippen molar-refractivity contribution in [1.82, 2.24) is 4.90 Å². The van der Waals surface area contributed by atoms with Crippen LogP contribution in [0.25, 0.3) is 11.0 Å². The molecule has 0 spiro atoms. The minimum atomic E-state index is -0.712. The summed E-state index contributed by atoms with van der Waals surface area (Å²) >= 11 is 0. The lowest BCUT2D eigenvalue weighted by Crippen LogP contribution is -2.29. The van der Waals surface area contributed by atoms with Crippen molar-refractivity contribution in [3.63, 3.8) is 0 Å². The number of nitrogens with zero attached hydrogens (tertiary/aromatic N) is 1. The third kappa shape index (κ3) is 3.69. The predicted molar refractivity (Wildman–Crippen MR) is 131 cm³/mol. The zero-order valence-electron chi connectivity index (χ0n) is 19.9. The van der Waals surface area contributed by atoms with Crippen LogP contribution in [0.5, 0.6) is 17.2 Å². The monoisotopic (exact) mass is 471 g/mol. The molecule has 0 fully saturated rings. The van der Waals surface area contributed by atoms with Gasteiger partial charge in [-0.15, -0.1) is 0 Å². The number of amides is 1. The molecule has 1 aliphatic rings. The predicted octanol–water partition coefficient (Wildman–Crippen LogP) is 4.88. The molecule has 0 bridgehead atoms. The Morgan fingerprint density at radius 3 is 2.34 bits per heavy atom. The smallest absolute Gasteiger partial charge is 0.291 e. The number of phenolic OH excluding ortho intramolecular Hbond substituents is 1. The van der Waals surface area contributed by atoms with E-state index in [0.717, 1.165) is 16.7 Å². The van der Waals surface area contributed by atoms with Crippen LogP contribution in [0.2, 0.25) is 0 Å². The van der Waals surface area contributed by atoms with Gasteiger partial charge in [-0.05, 0) is 72.5 Å². The van der Waals surface area contributed by atoms with Gasteiger partial charge in [-0.2, -0.15) is 0 Å². The van der Waals surface area contributed by atoms with Gasteiger partial charge in [-0.3, -0.25) is 9.59 Å². The highest BCUT2D eigenvalue weighted by atomic mass is 16.5. The fraction of sp³-hybridized carbons (Fsp3) is 0.214. The standard InChI is InChI=1S/C28H25NO6/c1-15-11-20-22(12-16(15)2)35-27-24(26(20)31)25(18-7-10-21(30)23(13-18)34-4)29(28(27)32)14-17-5-8-19(33-3)9-6-17/h5-13,25,30H,14H2,1-4H3. The van der Waals surface area contributed by atoms with Gasteiger partial charge >= 0.3 is 0 Å². The van der Waals surface area contributed by atoms with Gasteiger partial charge in [0.05, 0.1) is 31.2 Å². The van der Waals surface area contributed by atoms with Gasteiger partial charge in [-0.1, -0.05) is 18.2 Å². The molecular weight excluding hydrogens is 446 g/mol. The van der Waals surface area contributed by atoms with E-state index in [1.165, 1.54) is 13.2 Å². The molecule has 1 aromatic heterocycles. The molecule has 178 valence electrons. The van der Waals surface area contributed by atoms with Gasteiger partial charge in [0.1, 0.15) is 11.3 Å². The number of benzene rings is 3. The first-order valence-corrected chi connectivity index (χ1v) is 11.2. The highest BCUT2D eigenvalue weighted by molar-refractivity contribution is 5.99. The lowest BCUT2D eigenvalue weighted by molar-refractivity contribution is 0.0714. The van der Waals surface area contributed by atoms with E-state index in [4.69, 9.17) is 13.9 Å². The Kier molecular flexibility index (Phi) is 5.47.